The van der Waals surface area contributed by atoms with Crippen LogP contribution < -0.4 is 0 Å². The first-order chi connectivity index (χ1) is 9.34. The van der Waals surface area contributed by atoms with Crippen LogP contribution >= 0.6 is 11.3 Å². The summed E-state index contributed by atoms with van der Waals surface area (Å²) in [5, 5.41) is 8.22. The van der Waals surface area contributed by atoms with E-state index < -0.39 is 0 Å². The number of Topliss-reactive ketones (excluding diaryl/α,β-unsaturated/α-hetero) is 1. The fraction of sp³-hybridized carbons (Fsp3) is 0.0667. The number of ketones is 1. The molecule has 0 saturated carbocycles. The lowest BCUT2D eigenvalue weighted by Gasteiger charge is -2.06. The molecule has 0 aliphatic carbocycles. The van der Waals surface area contributed by atoms with Gasteiger partial charge in [-0.15, -0.1) is 0 Å². The zero-order valence-corrected chi connectivity index (χ0v) is 11.0. The predicted molar refractivity (Wildman–Crippen MR) is 75.9 cm³/mol. The molecule has 0 amide bonds. The SMILES string of the molecule is O=C(Cc1ccsc1)c1ccnn1-c1ccccc1. The number of hydrogen-bond acceptors (Lipinski definition) is 3. The third-order valence-electron chi connectivity index (χ3n) is 2.87. The molecule has 0 spiro atoms. The zero-order chi connectivity index (χ0) is 13.1. The highest BCUT2D eigenvalue weighted by Crippen LogP contribution is 2.14. The van der Waals surface area contributed by atoms with Crippen molar-refractivity contribution in [3.63, 3.8) is 0 Å². The molecule has 3 aromatic rings. The Labute approximate surface area is 115 Å². The zero-order valence-electron chi connectivity index (χ0n) is 10.2. The molecule has 0 saturated heterocycles. The van der Waals surface area contributed by atoms with Gasteiger partial charge in [-0.1, -0.05) is 18.2 Å². The lowest BCUT2D eigenvalue weighted by Crippen LogP contribution is -2.10. The minimum atomic E-state index is 0.0831. The Morgan fingerprint density at radius 3 is 2.74 bits per heavy atom. The summed E-state index contributed by atoms with van der Waals surface area (Å²) in [5.74, 6) is 0.0831. The van der Waals surface area contributed by atoms with Crippen molar-refractivity contribution in [1.82, 2.24) is 9.78 Å². The van der Waals surface area contributed by atoms with Gasteiger partial charge in [0.25, 0.3) is 0 Å². The number of rotatable bonds is 4. The molecule has 0 bridgehead atoms. The van der Waals surface area contributed by atoms with Crippen LogP contribution in [0.2, 0.25) is 0 Å². The lowest BCUT2D eigenvalue weighted by molar-refractivity contribution is 0.0985. The second-order valence-electron chi connectivity index (χ2n) is 4.20. The topological polar surface area (TPSA) is 34.9 Å². The summed E-state index contributed by atoms with van der Waals surface area (Å²) in [6, 6.07) is 13.4. The van der Waals surface area contributed by atoms with Crippen LogP contribution in [0.15, 0.2) is 59.4 Å². The average molecular weight is 268 g/mol. The van der Waals surface area contributed by atoms with Gasteiger partial charge in [0.15, 0.2) is 5.78 Å². The Bertz CT molecular complexity index is 671. The van der Waals surface area contributed by atoms with Crippen molar-refractivity contribution >= 4 is 17.1 Å². The van der Waals surface area contributed by atoms with E-state index in [2.05, 4.69) is 5.10 Å². The molecular weight excluding hydrogens is 256 g/mol. The molecular formula is C15H12N2OS. The van der Waals surface area contributed by atoms with Gasteiger partial charge in [0, 0.05) is 6.42 Å². The maximum absolute atomic E-state index is 12.3. The average Bonchev–Trinajstić information content (AvgIpc) is 3.10. The monoisotopic (exact) mass is 268 g/mol. The quantitative estimate of drug-likeness (QED) is 0.680. The second kappa shape index (κ2) is 5.20. The lowest BCUT2D eigenvalue weighted by atomic mass is 10.1. The maximum Gasteiger partial charge on any atom is 0.185 e. The van der Waals surface area contributed by atoms with Crippen LogP contribution in [0.25, 0.3) is 5.69 Å². The molecule has 0 fully saturated rings. The summed E-state index contributed by atoms with van der Waals surface area (Å²) in [7, 11) is 0. The normalized spacial score (nSPS) is 10.5. The Kier molecular flexibility index (Phi) is 3.25. The molecule has 3 rings (SSSR count). The van der Waals surface area contributed by atoms with Crippen molar-refractivity contribution in [1.29, 1.82) is 0 Å². The summed E-state index contributed by atoms with van der Waals surface area (Å²) in [4.78, 5) is 12.3. The minimum absolute atomic E-state index is 0.0831. The highest BCUT2D eigenvalue weighted by atomic mass is 32.1. The molecule has 0 aliphatic heterocycles. The number of para-hydroxylation sites is 1. The number of aromatic nitrogens is 2. The molecule has 2 heterocycles. The smallest absolute Gasteiger partial charge is 0.185 e. The van der Waals surface area contributed by atoms with Gasteiger partial charge < -0.3 is 0 Å². The van der Waals surface area contributed by atoms with Crippen molar-refractivity contribution < 1.29 is 4.79 Å². The van der Waals surface area contributed by atoms with E-state index in [-0.39, 0.29) is 5.78 Å². The number of benzene rings is 1. The highest BCUT2D eigenvalue weighted by molar-refractivity contribution is 7.08. The molecule has 3 nitrogen and oxygen atoms in total. The van der Waals surface area contributed by atoms with Crippen molar-refractivity contribution in [2.24, 2.45) is 0 Å². The maximum atomic E-state index is 12.3. The molecule has 94 valence electrons. The molecule has 0 aliphatic rings. The van der Waals surface area contributed by atoms with Crippen LogP contribution in [0.3, 0.4) is 0 Å². The molecule has 2 aromatic heterocycles. The van der Waals surface area contributed by atoms with Crippen molar-refractivity contribution in [3.05, 3.63) is 70.7 Å². The Balaban J connectivity index is 1.90. The molecule has 0 N–H and O–H groups in total. The molecule has 1 aromatic carbocycles. The fourth-order valence-electron chi connectivity index (χ4n) is 1.96. The van der Waals surface area contributed by atoms with Gasteiger partial charge in [0.1, 0.15) is 5.69 Å². The van der Waals surface area contributed by atoms with Gasteiger partial charge in [-0.05, 0) is 40.6 Å². The van der Waals surface area contributed by atoms with Gasteiger partial charge >= 0.3 is 0 Å². The van der Waals surface area contributed by atoms with Gasteiger partial charge in [0.2, 0.25) is 0 Å². The van der Waals surface area contributed by atoms with Crippen LogP contribution in [0, 0.1) is 0 Å². The van der Waals surface area contributed by atoms with Crippen molar-refractivity contribution in [3.8, 4) is 5.69 Å². The Morgan fingerprint density at radius 2 is 2.00 bits per heavy atom. The highest BCUT2D eigenvalue weighted by Gasteiger charge is 2.13. The summed E-state index contributed by atoms with van der Waals surface area (Å²) < 4.78 is 1.69. The van der Waals surface area contributed by atoms with Crippen LogP contribution in [0.4, 0.5) is 0 Å². The van der Waals surface area contributed by atoms with Crippen LogP contribution in [-0.4, -0.2) is 15.6 Å². The van der Waals surface area contributed by atoms with E-state index in [1.807, 2.05) is 47.2 Å². The fourth-order valence-corrected chi connectivity index (χ4v) is 2.63. The molecule has 0 unspecified atom stereocenters. The van der Waals surface area contributed by atoms with E-state index in [4.69, 9.17) is 0 Å². The summed E-state index contributed by atoms with van der Waals surface area (Å²) in [6.07, 6.45) is 2.08. The van der Waals surface area contributed by atoms with Crippen LogP contribution in [0.1, 0.15) is 16.1 Å². The first-order valence-corrected chi connectivity index (χ1v) is 6.92. The number of nitrogens with zero attached hydrogens (tertiary/aromatic N) is 2. The summed E-state index contributed by atoms with van der Waals surface area (Å²) in [6.45, 7) is 0. The Morgan fingerprint density at radius 1 is 1.16 bits per heavy atom. The first-order valence-electron chi connectivity index (χ1n) is 5.98. The number of hydrogen-bond donors (Lipinski definition) is 0. The number of carbonyl (C=O) groups is 1. The second-order valence-corrected chi connectivity index (χ2v) is 4.98. The Hall–Kier alpha value is -2.20. The third-order valence-corrected chi connectivity index (χ3v) is 3.61. The van der Waals surface area contributed by atoms with Gasteiger partial charge in [-0.3, -0.25) is 4.79 Å². The van der Waals surface area contributed by atoms with E-state index in [9.17, 15) is 4.79 Å². The van der Waals surface area contributed by atoms with Gasteiger partial charge in [-0.2, -0.15) is 16.4 Å². The molecule has 4 heteroatoms. The number of thiophene rings is 1. The van der Waals surface area contributed by atoms with Crippen molar-refractivity contribution in [2.45, 2.75) is 6.42 Å². The van der Waals surface area contributed by atoms with E-state index in [0.29, 0.717) is 12.1 Å². The van der Waals surface area contributed by atoms with E-state index in [1.165, 1.54) is 0 Å². The summed E-state index contributed by atoms with van der Waals surface area (Å²) >= 11 is 1.60. The van der Waals surface area contributed by atoms with E-state index >= 15 is 0 Å². The molecule has 19 heavy (non-hydrogen) atoms. The summed E-state index contributed by atoms with van der Waals surface area (Å²) in [5.41, 5.74) is 2.58. The third kappa shape index (κ3) is 2.48. The predicted octanol–water partition coefficient (Wildman–Crippen LogP) is 3.36. The van der Waals surface area contributed by atoms with Gasteiger partial charge in [0.05, 0.1) is 11.9 Å². The van der Waals surface area contributed by atoms with E-state index in [0.717, 1.165) is 11.3 Å². The van der Waals surface area contributed by atoms with Crippen LogP contribution in [-0.2, 0) is 6.42 Å². The first kappa shape index (κ1) is 11.9. The molecule has 0 radical (unpaired) electrons. The van der Waals surface area contributed by atoms with Crippen molar-refractivity contribution in [2.75, 3.05) is 0 Å². The minimum Gasteiger partial charge on any atom is -0.292 e. The number of carbonyl (C=O) groups excluding carboxylic acids is 1. The van der Waals surface area contributed by atoms with Gasteiger partial charge in [-0.25, -0.2) is 4.68 Å². The van der Waals surface area contributed by atoms with E-state index in [1.54, 1.807) is 28.3 Å². The largest absolute Gasteiger partial charge is 0.292 e. The standard InChI is InChI=1S/C15H12N2OS/c18-15(10-12-7-9-19-11-12)14-6-8-16-17(14)13-4-2-1-3-5-13/h1-9,11H,10H2. The van der Waals surface area contributed by atoms with Crippen LogP contribution in [0.5, 0.6) is 0 Å². The molecule has 0 atom stereocenters.